The van der Waals surface area contributed by atoms with Crippen LogP contribution in [-0.2, 0) is 9.53 Å². The third-order valence-corrected chi connectivity index (χ3v) is 4.79. The predicted octanol–water partition coefficient (Wildman–Crippen LogP) is 3.81. The van der Waals surface area contributed by atoms with Crippen molar-refractivity contribution < 1.29 is 14.3 Å². The molecule has 0 bridgehead atoms. The van der Waals surface area contributed by atoms with Crippen LogP contribution in [0, 0.1) is 0 Å². The number of methoxy groups -OCH3 is 1. The Morgan fingerprint density at radius 1 is 1.17 bits per heavy atom. The molecule has 1 unspecified atom stereocenters. The van der Waals surface area contributed by atoms with Crippen LogP contribution in [0.4, 0.5) is 5.95 Å². The van der Waals surface area contributed by atoms with Crippen LogP contribution < -0.4 is 10.1 Å². The Morgan fingerprint density at radius 2 is 1.97 bits per heavy atom. The van der Waals surface area contributed by atoms with Crippen molar-refractivity contribution in [3.8, 4) is 17.1 Å². The molecule has 1 N–H and O–H groups in total. The van der Waals surface area contributed by atoms with Crippen LogP contribution >= 0.6 is 0 Å². The van der Waals surface area contributed by atoms with E-state index in [1.807, 2.05) is 61.5 Å². The third-order valence-electron chi connectivity index (χ3n) is 4.79. The second-order valence-electron chi connectivity index (χ2n) is 6.63. The number of nitrogens with one attached hydrogen (secondary N) is 1. The largest absolute Gasteiger partial charge is 0.497 e. The Morgan fingerprint density at radius 3 is 2.69 bits per heavy atom. The number of ether oxygens (including phenoxy) is 2. The number of fused-ring (bicyclic) bond motifs is 1. The molecule has 7 heteroatoms. The molecule has 0 fully saturated rings. The van der Waals surface area contributed by atoms with E-state index in [0.29, 0.717) is 35.4 Å². The molecule has 1 aliphatic heterocycles. The first-order valence-electron chi connectivity index (χ1n) is 9.43. The number of aromatic nitrogens is 3. The van der Waals surface area contributed by atoms with E-state index < -0.39 is 6.04 Å². The van der Waals surface area contributed by atoms with Gasteiger partial charge in [0.1, 0.15) is 11.8 Å². The van der Waals surface area contributed by atoms with Crippen LogP contribution in [0.3, 0.4) is 0 Å². The molecular weight excluding hydrogens is 368 g/mol. The normalized spacial score (nSPS) is 15.5. The monoisotopic (exact) mass is 390 g/mol. The van der Waals surface area contributed by atoms with Gasteiger partial charge in [0.15, 0.2) is 5.82 Å². The van der Waals surface area contributed by atoms with Crippen LogP contribution in [0.2, 0.25) is 0 Å². The van der Waals surface area contributed by atoms with E-state index in [1.165, 1.54) is 0 Å². The highest BCUT2D eigenvalue weighted by Crippen LogP contribution is 2.37. The Hall–Kier alpha value is -3.61. The summed E-state index contributed by atoms with van der Waals surface area (Å²) in [6.45, 7) is 3.93. The standard InChI is InChI=1S/C22H22N4O3/c1-4-29-21(27)18-14(2)23-22-24-20(15-9-6-5-7-10-15)25-26(22)19(18)16-11-8-12-17(13-16)28-3/h5-13,19H,4H2,1-3H3,(H,23,24,25). The maximum absolute atomic E-state index is 12.8. The fourth-order valence-corrected chi connectivity index (χ4v) is 3.45. The molecule has 0 aliphatic carbocycles. The Balaban J connectivity index is 1.87. The van der Waals surface area contributed by atoms with Gasteiger partial charge >= 0.3 is 5.97 Å². The number of benzene rings is 2. The van der Waals surface area contributed by atoms with Gasteiger partial charge in [-0.3, -0.25) is 0 Å². The van der Waals surface area contributed by atoms with Crippen molar-refractivity contribution in [1.29, 1.82) is 0 Å². The van der Waals surface area contributed by atoms with Crippen molar-refractivity contribution in [3.63, 3.8) is 0 Å². The molecule has 2 aromatic carbocycles. The minimum Gasteiger partial charge on any atom is -0.497 e. The summed E-state index contributed by atoms with van der Waals surface area (Å²) < 4.78 is 12.5. The van der Waals surface area contributed by atoms with E-state index in [9.17, 15) is 4.79 Å². The quantitative estimate of drug-likeness (QED) is 0.668. The molecule has 2 heterocycles. The smallest absolute Gasteiger partial charge is 0.338 e. The van der Waals surface area contributed by atoms with Crippen molar-refractivity contribution in [1.82, 2.24) is 14.8 Å². The molecule has 3 aromatic rings. The van der Waals surface area contributed by atoms with Crippen molar-refractivity contribution in [3.05, 3.63) is 71.4 Å². The Labute approximate surface area is 169 Å². The highest BCUT2D eigenvalue weighted by atomic mass is 16.5. The molecule has 148 valence electrons. The van der Waals surface area contributed by atoms with Crippen molar-refractivity contribution in [2.24, 2.45) is 0 Å². The van der Waals surface area contributed by atoms with E-state index in [2.05, 4.69) is 10.3 Å². The van der Waals surface area contributed by atoms with Crippen LogP contribution in [0.5, 0.6) is 5.75 Å². The van der Waals surface area contributed by atoms with Gasteiger partial charge in [0.25, 0.3) is 0 Å². The van der Waals surface area contributed by atoms with E-state index in [1.54, 1.807) is 18.7 Å². The second kappa shape index (κ2) is 7.79. The highest BCUT2D eigenvalue weighted by Gasteiger charge is 2.35. The van der Waals surface area contributed by atoms with E-state index in [4.69, 9.17) is 14.6 Å². The zero-order valence-corrected chi connectivity index (χ0v) is 16.5. The number of hydrogen-bond donors (Lipinski definition) is 1. The molecule has 1 atom stereocenters. The number of rotatable bonds is 5. The molecule has 0 saturated carbocycles. The van der Waals surface area contributed by atoms with Crippen LogP contribution in [0.1, 0.15) is 25.5 Å². The van der Waals surface area contributed by atoms with Gasteiger partial charge in [0, 0.05) is 11.3 Å². The molecule has 0 amide bonds. The van der Waals surface area contributed by atoms with Crippen LogP contribution in [0.15, 0.2) is 65.9 Å². The van der Waals surface area contributed by atoms with E-state index in [0.717, 1.165) is 11.1 Å². The zero-order valence-electron chi connectivity index (χ0n) is 16.5. The maximum atomic E-state index is 12.8. The first kappa shape index (κ1) is 18.7. The summed E-state index contributed by atoms with van der Waals surface area (Å²) in [5.74, 6) is 1.47. The zero-order chi connectivity index (χ0) is 20.4. The molecule has 1 aliphatic rings. The summed E-state index contributed by atoms with van der Waals surface area (Å²) in [6, 6.07) is 16.8. The first-order chi connectivity index (χ1) is 14.1. The number of carbonyl (C=O) groups is 1. The minimum absolute atomic E-state index is 0.292. The summed E-state index contributed by atoms with van der Waals surface area (Å²) in [6.07, 6.45) is 0. The minimum atomic E-state index is -0.481. The molecule has 1 aromatic heterocycles. The molecule has 0 radical (unpaired) electrons. The molecule has 0 spiro atoms. The lowest BCUT2D eigenvalue weighted by Crippen LogP contribution is -2.29. The summed E-state index contributed by atoms with van der Waals surface area (Å²) in [7, 11) is 1.61. The molecule has 4 rings (SSSR count). The van der Waals surface area contributed by atoms with Crippen LogP contribution in [-0.4, -0.2) is 34.5 Å². The van der Waals surface area contributed by atoms with E-state index in [-0.39, 0.29) is 5.97 Å². The lowest BCUT2D eigenvalue weighted by atomic mass is 9.95. The van der Waals surface area contributed by atoms with Crippen molar-refractivity contribution >= 4 is 11.9 Å². The number of anilines is 1. The summed E-state index contributed by atoms with van der Waals surface area (Å²) in [5.41, 5.74) is 2.95. The fraction of sp³-hybridized carbons (Fsp3) is 0.227. The molecule has 7 nitrogen and oxygen atoms in total. The summed E-state index contributed by atoms with van der Waals surface area (Å²) in [5, 5.41) is 7.93. The van der Waals surface area contributed by atoms with Crippen molar-refractivity contribution in [2.45, 2.75) is 19.9 Å². The number of nitrogens with zero attached hydrogens (tertiary/aromatic N) is 3. The SMILES string of the molecule is CCOC(=O)C1=C(C)Nc2nc(-c3ccccc3)nn2C1c1cccc(OC)c1. The Bertz CT molecular complexity index is 1070. The van der Waals surface area contributed by atoms with Gasteiger partial charge < -0.3 is 14.8 Å². The van der Waals surface area contributed by atoms with Gasteiger partial charge in [-0.05, 0) is 31.5 Å². The lowest BCUT2D eigenvalue weighted by Gasteiger charge is -2.28. The average molecular weight is 390 g/mol. The average Bonchev–Trinajstić information content (AvgIpc) is 3.17. The van der Waals surface area contributed by atoms with Gasteiger partial charge in [-0.2, -0.15) is 4.98 Å². The van der Waals surface area contributed by atoms with Gasteiger partial charge in [0.05, 0.1) is 19.3 Å². The summed E-state index contributed by atoms with van der Waals surface area (Å²) in [4.78, 5) is 17.5. The summed E-state index contributed by atoms with van der Waals surface area (Å²) >= 11 is 0. The van der Waals surface area contributed by atoms with Gasteiger partial charge in [-0.25, -0.2) is 9.48 Å². The first-order valence-corrected chi connectivity index (χ1v) is 9.43. The number of hydrogen-bond acceptors (Lipinski definition) is 6. The Kier molecular flexibility index (Phi) is 5.03. The number of carbonyl (C=O) groups excluding carboxylic acids is 1. The maximum Gasteiger partial charge on any atom is 0.338 e. The van der Waals surface area contributed by atoms with Crippen LogP contribution in [0.25, 0.3) is 11.4 Å². The third kappa shape index (κ3) is 3.47. The van der Waals surface area contributed by atoms with Gasteiger partial charge in [-0.1, -0.05) is 42.5 Å². The van der Waals surface area contributed by atoms with Gasteiger partial charge in [-0.15, -0.1) is 5.10 Å². The molecular formula is C22H22N4O3. The number of allylic oxidation sites excluding steroid dienone is 1. The van der Waals surface area contributed by atoms with Crippen molar-refractivity contribution in [2.75, 3.05) is 19.0 Å². The molecule has 29 heavy (non-hydrogen) atoms. The highest BCUT2D eigenvalue weighted by molar-refractivity contribution is 5.92. The van der Waals surface area contributed by atoms with E-state index >= 15 is 0 Å². The van der Waals surface area contributed by atoms with Gasteiger partial charge in [0.2, 0.25) is 5.95 Å². The fourth-order valence-electron chi connectivity index (χ4n) is 3.45. The topological polar surface area (TPSA) is 78.3 Å². The molecule has 0 saturated heterocycles. The lowest BCUT2D eigenvalue weighted by molar-refractivity contribution is -0.139. The number of esters is 1. The second-order valence-corrected chi connectivity index (χ2v) is 6.63. The predicted molar refractivity (Wildman–Crippen MR) is 110 cm³/mol.